The topological polar surface area (TPSA) is 78.9 Å². The number of hydrogen-bond donors (Lipinski definition) is 0. The maximum Gasteiger partial charge on any atom is 0.306 e. The zero-order valence-corrected chi connectivity index (χ0v) is 43.2. The van der Waals surface area contributed by atoms with Gasteiger partial charge in [0.25, 0.3) is 0 Å². The van der Waals surface area contributed by atoms with Crippen molar-refractivity contribution in [2.45, 2.75) is 323 Å². The summed E-state index contributed by atoms with van der Waals surface area (Å²) in [4.78, 5) is 38.1. The Morgan fingerprint density at radius 2 is 0.524 bits per heavy atom. The van der Waals surface area contributed by atoms with E-state index in [0.29, 0.717) is 19.3 Å². The largest absolute Gasteiger partial charge is 0.462 e. The van der Waals surface area contributed by atoms with Crippen molar-refractivity contribution in [3.8, 4) is 0 Å². The molecule has 0 amide bonds. The molecule has 374 valence electrons. The van der Waals surface area contributed by atoms with E-state index in [2.05, 4.69) is 34.6 Å². The van der Waals surface area contributed by atoms with Crippen molar-refractivity contribution in [3.05, 3.63) is 0 Å². The second-order valence-corrected chi connectivity index (χ2v) is 20.5. The molecule has 0 spiro atoms. The molecule has 0 aliphatic heterocycles. The molecule has 0 bridgehead atoms. The van der Waals surface area contributed by atoms with Crippen molar-refractivity contribution in [2.24, 2.45) is 11.8 Å². The number of carbonyl (C=O) groups excluding carboxylic acids is 3. The Morgan fingerprint density at radius 1 is 0.302 bits per heavy atom. The Labute approximate surface area is 393 Å². The minimum Gasteiger partial charge on any atom is -0.462 e. The van der Waals surface area contributed by atoms with E-state index < -0.39 is 6.10 Å². The van der Waals surface area contributed by atoms with Gasteiger partial charge in [0, 0.05) is 19.3 Å². The van der Waals surface area contributed by atoms with E-state index >= 15 is 0 Å². The quantitative estimate of drug-likeness (QED) is 0.0344. The average Bonchev–Trinajstić information content (AvgIpc) is 3.25. The molecule has 63 heavy (non-hydrogen) atoms. The van der Waals surface area contributed by atoms with Gasteiger partial charge >= 0.3 is 17.9 Å². The van der Waals surface area contributed by atoms with Gasteiger partial charge in [-0.2, -0.15) is 0 Å². The van der Waals surface area contributed by atoms with Crippen LogP contribution in [0.5, 0.6) is 0 Å². The highest BCUT2D eigenvalue weighted by molar-refractivity contribution is 5.71. The van der Waals surface area contributed by atoms with E-state index in [0.717, 1.165) is 69.6 Å². The maximum absolute atomic E-state index is 12.8. The third-order valence-electron chi connectivity index (χ3n) is 13.0. The summed E-state index contributed by atoms with van der Waals surface area (Å²) in [5, 5.41) is 0. The minimum absolute atomic E-state index is 0.0628. The monoisotopic (exact) mass is 891 g/mol. The van der Waals surface area contributed by atoms with Crippen LogP contribution in [0.15, 0.2) is 0 Å². The van der Waals surface area contributed by atoms with Crippen LogP contribution in [-0.2, 0) is 28.6 Å². The molecule has 0 radical (unpaired) electrons. The lowest BCUT2D eigenvalue weighted by molar-refractivity contribution is -0.167. The van der Waals surface area contributed by atoms with E-state index in [1.54, 1.807) is 0 Å². The first-order chi connectivity index (χ1) is 30.7. The fourth-order valence-electron chi connectivity index (χ4n) is 8.70. The number of rotatable bonds is 51. The molecule has 0 rings (SSSR count). The smallest absolute Gasteiger partial charge is 0.306 e. The molecule has 0 aliphatic carbocycles. The second kappa shape index (κ2) is 49.8. The molecule has 0 saturated heterocycles. The molecule has 0 heterocycles. The van der Waals surface area contributed by atoms with E-state index in [1.807, 2.05) is 0 Å². The van der Waals surface area contributed by atoms with Gasteiger partial charge in [0.2, 0.25) is 0 Å². The summed E-state index contributed by atoms with van der Waals surface area (Å²) >= 11 is 0. The SMILES string of the molecule is CCCCCCCCCCCCCCCCC(=O)O[C@@H](COC(=O)CCCCCCCCCCCCCCCC(C)C)COC(=O)CCCCCCCCCCCCCCC(C)C. The normalized spacial score (nSPS) is 12.0. The second-order valence-electron chi connectivity index (χ2n) is 20.5. The zero-order valence-electron chi connectivity index (χ0n) is 43.2. The van der Waals surface area contributed by atoms with Gasteiger partial charge in [-0.3, -0.25) is 14.4 Å². The zero-order chi connectivity index (χ0) is 46.1. The Morgan fingerprint density at radius 3 is 0.778 bits per heavy atom. The summed E-state index contributed by atoms with van der Waals surface area (Å²) in [6.45, 7) is 11.4. The molecule has 0 saturated carbocycles. The van der Waals surface area contributed by atoms with Gasteiger partial charge < -0.3 is 14.2 Å². The van der Waals surface area contributed by atoms with Gasteiger partial charge in [0.05, 0.1) is 0 Å². The minimum atomic E-state index is -0.762. The number of esters is 3. The molecule has 0 N–H and O–H groups in total. The van der Waals surface area contributed by atoms with Crippen LogP contribution >= 0.6 is 0 Å². The summed E-state index contributed by atoms with van der Waals surface area (Å²) in [7, 11) is 0. The Bertz CT molecular complexity index is 962. The van der Waals surface area contributed by atoms with Crippen LogP contribution in [0.1, 0.15) is 317 Å². The molecule has 6 nitrogen and oxygen atoms in total. The summed E-state index contributed by atoms with van der Waals surface area (Å²) in [5.74, 6) is 0.833. The molecule has 0 aromatic rings. The maximum atomic E-state index is 12.8. The Balaban J connectivity index is 4.30. The van der Waals surface area contributed by atoms with E-state index in [1.165, 1.54) is 205 Å². The van der Waals surface area contributed by atoms with Crippen molar-refractivity contribution in [1.82, 2.24) is 0 Å². The lowest BCUT2D eigenvalue weighted by atomic mass is 10.0. The Kier molecular flexibility index (Phi) is 48.6. The van der Waals surface area contributed by atoms with Crippen LogP contribution in [0.2, 0.25) is 0 Å². The highest BCUT2D eigenvalue weighted by Gasteiger charge is 2.19. The van der Waals surface area contributed by atoms with Crippen molar-refractivity contribution >= 4 is 17.9 Å². The van der Waals surface area contributed by atoms with Crippen molar-refractivity contribution in [1.29, 1.82) is 0 Å². The first kappa shape index (κ1) is 61.4. The number of carbonyl (C=O) groups is 3. The first-order valence-corrected chi connectivity index (χ1v) is 28.2. The first-order valence-electron chi connectivity index (χ1n) is 28.2. The highest BCUT2D eigenvalue weighted by atomic mass is 16.6. The van der Waals surface area contributed by atoms with Gasteiger partial charge in [-0.25, -0.2) is 0 Å². The highest BCUT2D eigenvalue weighted by Crippen LogP contribution is 2.18. The van der Waals surface area contributed by atoms with Gasteiger partial charge in [0.15, 0.2) is 6.10 Å². The van der Waals surface area contributed by atoms with Gasteiger partial charge in [-0.1, -0.05) is 279 Å². The lowest BCUT2D eigenvalue weighted by Crippen LogP contribution is -2.30. The van der Waals surface area contributed by atoms with Crippen molar-refractivity contribution in [2.75, 3.05) is 13.2 Å². The van der Waals surface area contributed by atoms with Crippen LogP contribution in [0.4, 0.5) is 0 Å². The number of ether oxygens (including phenoxy) is 3. The van der Waals surface area contributed by atoms with E-state index in [4.69, 9.17) is 14.2 Å². The van der Waals surface area contributed by atoms with Crippen LogP contribution in [0.25, 0.3) is 0 Å². The lowest BCUT2D eigenvalue weighted by Gasteiger charge is -2.18. The molecule has 0 aromatic carbocycles. The number of unbranched alkanes of at least 4 members (excludes halogenated alkanes) is 36. The molecule has 1 atom stereocenters. The summed E-state index contributed by atoms with van der Waals surface area (Å²) in [6, 6.07) is 0. The molecular formula is C57H110O6. The van der Waals surface area contributed by atoms with Crippen LogP contribution in [0.3, 0.4) is 0 Å². The fourth-order valence-corrected chi connectivity index (χ4v) is 8.70. The average molecular weight is 892 g/mol. The van der Waals surface area contributed by atoms with Crippen LogP contribution in [0, 0.1) is 11.8 Å². The Hall–Kier alpha value is -1.59. The van der Waals surface area contributed by atoms with Crippen LogP contribution < -0.4 is 0 Å². The van der Waals surface area contributed by atoms with Crippen LogP contribution in [-0.4, -0.2) is 37.2 Å². The standard InChI is InChI=1S/C57H110O6/c1-6-7-8-9-10-11-12-13-16-24-29-34-39-44-49-57(60)63-54(51-62-56(59)48-43-38-33-28-23-19-18-21-26-31-36-41-46-53(4)5)50-61-55(58)47-42-37-32-27-22-17-14-15-20-25-30-35-40-45-52(2)3/h52-54H,6-51H2,1-5H3/t54-/m0/s1. The van der Waals surface area contributed by atoms with E-state index in [9.17, 15) is 14.4 Å². The molecule has 0 unspecified atom stereocenters. The molecule has 0 aliphatic rings. The van der Waals surface area contributed by atoms with E-state index in [-0.39, 0.29) is 31.1 Å². The van der Waals surface area contributed by atoms with Crippen molar-refractivity contribution in [3.63, 3.8) is 0 Å². The summed E-state index contributed by atoms with van der Waals surface area (Å²) in [5.41, 5.74) is 0. The number of hydrogen-bond acceptors (Lipinski definition) is 6. The third-order valence-corrected chi connectivity index (χ3v) is 13.0. The summed E-state index contributed by atoms with van der Waals surface area (Å²) < 4.78 is 16.9. The molecule has 0 fully saturated rings. The van der Waals surface area contributed by atoms with Gasteiger partial charge in [-0.15, -0.1) is 0 Å². The summed E-state index contributed by atoms with van der Waals surface area (Å²) in [6.07, 6.45) is 52.3. The predicted octanol–water partition coefficient (Wildman–Crippen LogP) is 18.5. The van der Waals surface area contributed by atoms with Gasteiger partial charge in [-0.05, 0) is 31.1 Å². The fraction of sp³-hybridized carbons (Fsp3) is 0.947. The van der Waals surface area contributed by atoms with Crippen molar-refractivity contribution < 1.29 is 28.6 Å². The third kappa shape index (κ3) is 51.3. The molecular weight excluding hydrogens is 781 g/mol. The molecule has 0 aromatic heterocycles. The van der Waals surface area contributed by atoms with Gasteiger partial charge in [0.1, 0.15) is 13.2 Å². The molecule has 6 heteroatoms. The predicted molar refractivity (Wildman–Crippen MR) is 270 cm³/mol.